The molecular formula is C22H35F3. The van der Waals surface area contributed by atoms with Crippen LogP contribution in [0.2, 0.25) is 0 Å². The van der Waals surface area contributed by atoms with Crippen molar-refractivity contribution in [2.75, 3.05) is 0 Å². The maximum Gasteiger partial charge on any atom is 0.251 e. The van der Waals surface area contributed by atoms with Crippen molar-refractivity contribution in [2.24, 2.45) is 35.5 Å². The van der Waals surface area contributed by atoms with E-state index in [-0.39, 0.29) is 24.2 Å². The molecule has 4 aliphatic rings. The zero-order valence-corrected chi connectivity index (χ0v) is 15.6. The Labute approximate surface area is 151 Å². The summed E-state index contributed by atoms with van der Waals surface area (Å²) in [6.07, 6.45) is 13.0. The first-order valence-corrected chi connectivity index (χ1v) is 11.1. The van der Waals surface area contributed by atoms with Crippen molar-refractivity contribution < 1.29 is 13.2 Å². The number of alkyl halides is 3. The monoisotopic (exact) mass is 356 g/mol. The summed E-state index contributed by atoms with van der Waals surface area (Å²) >= 11 is 0. The van der Waals surface area contributed by atoms with Crippen LogP contribution in [0.5, 0.6) is 0 Å². The molecule has 4 saturated carbocycles. The van der Waals surface area contributed by atoms with Crippen LogP contribution in [-0.4, -0.2) is 12.1 Å². The molecule has 0 radical (unpaired) electrons. The quantitative estimate of drug-likeness (QED) is 0.492. The molecule has 0 aliphatic heterocycles. The maximum absolute atomic E-state index is 14.9. The Morgan fingerprint density at radius 1 is 0.600 bits per heavy atom. The van der Waals surface area contributed by atoms with Gasteiger partial charge in [-0.1, -0.05) is 38.5 Å². The second-order valence-electron chi connectivity index (χ2n) is 9.75. The Hall–Kier alpha value is -0.210. The van der Waals surface area contributed by atoms with Crippen LogP contribution in [0.1, 0.15) is 89.9 Å². The molecule has 0 nitrogen and oxygen atoms in total. The molecule has 0 spiro atoms. The van der Waals surface area contributed by atoms with Crippen LogP contribution >= 0.6 is 0 Å². The Balaban J connectivity index is 1.37. The normalized spacial score (nSPS) is 45.7. The third kappa shape index (κ3) is 3.76. The summed E-state index contributed by atoms with van der Waals surface area (Å²) in [5.41, 5.74) is 0. The van der Waals surface area contributed by atoms with Crippen molar-refractivity contribution in [1.82, 2.24) is 0 Å². The predicted molar refractivity (Wildman–Crippen MR) is 95.4 cm³/mol. The lowest BCUT2D eigenvalue weighted by Gasteiger charge is -2.49. The van der Waals surface area contributed by atoms with Gasteiger partial charge in [-0.3, -0.25) is 0 Å². The first-order chi connectivity index (χ1) is 12.0. The minimum absolute atomic E-state index is 0.175. The third-order valence-corrected chi connectivity index (χ3v) is 8.43. The summed E-state index contributed by atoms with van der Waals surface area (Å²) in [7, 11) is 0. The van der Waals surface area contributed by atoms with Crippen molar-refractivity contribution >= 4 is 0 Å². The van der Waals surface area contributed by atoms with Gasteiger partial charge < -0.3 is 0 Å². The van der Waals surface area contributed by atoms with Crippen LogP contribution in [0, 0.1) is 35.5 Å². The molecule has 0 heterocycles. The minimum Gasteiger partial charge on any atom is -0.247 e. The molecule has 0 N–H and O–H groups in total. The van der Waals surface area contributed by atoms with Crippen molar-refractivity contribution in [3.8, 4) is 0 Å². The summed E-state index contributed by atoms with van der Waals surface area (Å²) in [5, 5.41) is 0. The molecule has 0 aromatic rings. The lowest BCUT2D eigenvalue weighted by atomic mass is 9.59. The van der Waals surface area contributed by atoms with Crippen molar-refractivity contribution in [2.45, 2.75) is 102 Å². The molecule has 0 aromatic carbocycles. The fraction of sp³-hybridized carbons (Fsp3) is 1.00. The second kappa shape index (κ2) is 7.43. The fourth-order valence-corrected chi connectivity index (χ4v) is 7.01. The summed E-state index contributed by atoms with van der Waals surface area (Å²) < 4.78 is 43.9. The van der Waals surface area contributed by atoms with E-state index in [1.165, 1.54) is 44.9 Å². The average molecular weight is 357 g/mol. The van der Waals surface area contributed by atoms with E-state index in [1.54, 1.807) is 0 Å². The van der Waals surface area contributed by atoms with Gasteiger partial charge in [0, 0.05) is 12.3 Å². The van der Waals surface area contributed by atoms with Gasteiger partial charge in [0.05, 0.1) is 0 Å². The van der Waals surface area contributed by atoms with Gasteiger partial charge in [-0.15, -0.1) is 0 Å². The van der Waals surface area contributed by atoms with Crippen molar-refractivity contribution in [3.05, 3.63) is 0 Å². The second-order valence-corrected chi connectivity index (χ2v) is 9.75. The molecule has 4 aliphatic carbocycles. The molecule has 0 amide bonds. The maximum atomic E-state index is 14.9. The van der Waals surface area contributed by atoms with Crippen LogP contribution in [0.25, 0.3) is 0 Å². The van der Waals surface area contributed by atoms with E-state index in [9.17, 15) is 13.2 Å². The number of fused-ring (bicyclic) bond motifs is 1. The van der Waals surface area contributed by atoms with E-state index in [4.69, 9.17) is 0 Å². The van der Waals surface area contributed by atoms with Crippen LogP contribution < -0.4 is 0 Å². The van der Waals surface area contributed by atoms with Crippen LogP contribution in [-0.2, 0) is 0 Å². The van der Waals surface area contributed by atoms with Crippen molar-refractivity contribution in [3.63, 3.8) is 0 Å². The van der Waals surface area contributed by atoms with Gasteiger partial charge in [0.1, 0.15) is 6.17 Å². The zero-order chi connectivity index (χ0) is 17.4. The average Bonchev–Trinajstić information content (AvgIpc) is 2.63. The van der Waals surface area contributed by atoms with Crippen LogP contribution in [0.3, 0.4) is 0 Å². The van der Waals surface area contributed by atoms with Gasteiger partial charge in [0.25, 0.3) is 5.92 Å². The number of halogens is 3. The van der Waals surface area contributed by atoms with E-state index in [0.717, 1.165) is 37.5 Å². The van der Waals surface area contributed by atoms with Gasteiger partial charge in [0.2, 0.25) is 0 Å². The number of hydrogen-bond acceptors (Lipinski definition) is 0. The molecule has 3 heteroatoms. The van der Waals surface area contributed by atoms with Gasteiger partial charge >= 0.3 is 0 Å². The summed E-state index contributed by atoms with van der Waals surface area (Å²) in [6.45, 7) is 0. The fourth-order valence-electron chi connectivity index (χ4n) is 7.01. The molecule has 4 fully saturated rings. The summed E-state index contributed by atoms with van der Waals surface area (Å²) in [4.78, 5) is 0. The standard InChI is InChI=1S/C22H35F3/c23-21-8-4-7-18-13-20(22(24,25)14-19(18)21)17-11-9-16(10-12-17)15-5-2-1-3-6-15/h15-21H,1-14H2. The lowest BCUT2D eigenvalue weighted by Crippen LogP contribution is -2.48. The van der Waals surface area contributed by atoms with Crippen molar-refractivity contribution in [1.29, 1.82) is 0 Å². The molecular weight excluding hydrogens is 321 g/mol. The van der Waals surface area contributed by atoms with E-state index >= 15 is 0 Å². The SMILES string of the molecule is FC1CCCC2CC(C3CCC(C4CCCCC4)CC3)C(F)(F)CC12. The zero-order valence-electron chi connectivity index (χ0n) is 15.6. The Kier molecular flexibility index (Phi) is 5.40. The Morgan fingerprint density at radius 3 is 1.92 bits per heavy atom. The van der Waals surface area contributed by atoms with Gasteiger partial charge in [-0.2, -0.15) is 0 Å². The van der Waals surface area contributed by atoms with E-state index in [2.05, 4.69) is 0 Å². The molecule has 25 heavy (non-hydrogen) atoms. The molecule has 4 rings (SSSR count). The first-order valence-electron chi connectivity index (χ1n) is 11.1. The summed E-state index contributed by atoms with van der Waals surface area (Å²) in [6, 6.07) is 0. The van der Waals surface area contributed by atoms with E-state index in [0.29, 0.717) is 12.8 Å². The largest absolute Gasteiger partial charge is 0.251 e. The van der Waals surface area contributed by atoms with Crippen LogP contribution in [0.15, 0.2) is 0 Å². The van der Waals surface area contributed by atoms with Gasteiger partial charge in [-0.05, 0) is 74.5 Å². The highest BCUT2D eigenvalue weighted by atomic mass is 19.3. The third-order valence-electron chi connectivity index (χ3n) is 8.43. The minimum atomic E-state index is -2.63. The van der Waals surface area contributed by atoms with Gasteiger partial charge in [0.15, 0.2) is 0 Å². The highest BCUT2D eigenvalue weighted by molar-refractivity contribution is 4.98. The molecule has 4 atom stereocenters. The Bertz CT molecular complexity index is 435. The molecule has 0 bridgehead atoms. The molecule has 144 valence electrons. The van der Waals surface area contributed by atoms with E-state index in [1.807, 2.05) is 0 Å². The lowest BCUT2D eigenvalue weighted by molar-refractivity contribution is -0.159. The highest BCUT2D eigenvalue weighted by Crippen LogP contribution is 2.55. The molecule has 0 saturated heterocycles. The van der Waals surface area contributed by atoms with Crippen LogP contribution in [0.4, 0.5) is 13.2 Å². The highest BCUT2D eigenvalue weighted by Gasteiger charge is 2.54. The predicted octanol–water partition coefficient (Wildman–Crippen LogP) is 7.17. The Morgan fingerprint density at radius 2 is 1.20 bits per heavy atom. The molecule has 4 unspecified atom stereocenters. The summed E-state index contributed by atoms with van der Waals surface area (Å²) in [5.74, 6) is -1.38. The molecule has 0 aromatic heterocycles. The first kappa shape index (κ1) is 18.2. The topological polar surface area (TPSA) is 0 Å². The smallest absolute Gasteiger partial charge is 0.247 e. The number of hydrogen-bond donors (Lipinski definition) is 0. The van der Waals surface area contributed by atoms with Gasteiger partial charge in [-0.25, -0.2) is 13.2 Å². The van der Waals surface area contributed by atoms with E-state index < -0.39 is 18.0 Å². The number of rotatable bonds is 2.